The first-order valence-electron chi connectivity index (χ1n) is 5.91. The van der Waals surface area contributed by atoms with Gasteiger partial charge in [0.25, 0.3) is 0 Å². The Hall–Kier alpha value is -2.14. The maximum absolute atomic E-state index is 12.3. The summed E-state index contributed by atoms with van der Waals surface area (Å²) in [5.74, 6) is 0.242. The van der Waals surface area contributed by atoms with Crippen LogP contribution in [0.3, 0.4) is 0 Å². The number of benzene rings is 1. The Balaban J connectivity index is 2.33. The van der Waals surface area contributed by atoms with Gasteiger partial charge < -0.3 is 4.74 Å². The third kappa shape index (κ3) is 3.05. The zero-order chi connectivity index (χ0) is 14.7. The zero-order valence-electron chi connectivity index (χ0n) is 11.1. The van der Waals surface area contributed by atoms with E-state index in [2.05, 4.69) is 4.98 Å². The summed E-state index contributed by atoms with van der Waals surface area (Å²) in [6, 6.07) is 5.26. The molecule has 1 aromatic heterocycles. The zero-order valence-corrected chi connectivity index (χ0v) is 11.8. The number of rotatable bonds is 4. The smallest absolute Gasteiger partial charge is 0.348 e. The van der Waals surface area contributed by atoms with Crippen LogP contribution in [-0.2, 0) is 6.54 Å². The van der Waals surface area contributed by atoms with Crippen LogP contribution in [0.2, 0.25) is 5.02 Å². The lowest BCUT2D eigenvalue weighted by molar-refractivity contribution is 0.0967. The van der Waals surface area contributed by atoms with Crippen molar-refractivity contribution in [3.8, 4) is 5.75 Å². The van der Waals surface area contributed by atoms with Crippen LogP contribution in [0.25, 0.3) is 0 Å². The third-order valence-electron chi connectivity index (χ3n) is 2.79. The molecule has 0 unspecified atom stereocenters. The van der Waals surface area contributed by atoms with Crippen molar-refractivity contribution >= 4 is 17.4 Å². The fraction of sp³-hybridized carbons (Fsp3) is 0.214. The molecule has 0 N–H and O–H groups in total. The van der Waals surface area contributed by atoms with Gasteiger partial charge in [-0.05, 0) is 24.6 Å². The van der Waals surface area contributed by atoms with Gasteiger partial charge in [-0.3, -0.25) is 9.36 Å². The normalized spacial score (nSPS) is 10.3. The number of ether oxygens (including phenoxy) is 1. The topological polar surface area (TPSA) is 61.2 Å². The van der Waals surface area contributed by atoms with Crippen LogP contribution < -0.4 is 10.4 Å². The van der Waals surface area contributed by atoms with E-state index in [0.717, 1.165) is 5.56 Å². The summed E-state index contributed by atoms with van der Waals surface area (Å²) in [6.07, 6.45) is 2.63. The fourth-order valence-corrected chi connectivity index (χ4v) is 1.98. The van der Waals surface area contributed by atoms with E-state index in [1.54, 1.807) is 12.1 Å². The average Bonchev–Trinajstić information content (AvgIpc) is 2.42. The highest BCUT2D eigenvalue weighted by Gasteiger charge is 2.14. The quantitative estimate of drug-likeness (QED) is 0.810. The minimum Gasteiger partial charge on any atom is -0.496 e. The van der Waals surface area contributed by atoms with Gasteiger partial charge in [-0.2, -0.15) is 0 Å². The molecular formula is C14H13ClN2O3. The van der Waals surface area contributed by atoms with E-state index in [1.807, 2.05) is 13.0 Å². The number of nitrogens with zero attached hydrogens (tertiary/aromatic N) is 2. The van der Waals surface area contributed by atoms with Crippen molar-refractivity contribution in [1.29, 1.82) is 0 Å². The second-order valence-electron chi connectivity index (χ2n) is 4.31. The monoisotopic (exact) mass is 292 g/mol. The van der Waals surface area contributed by atoms with Crippen molar-refractivity contribution in [2.45, 2.75) is 13.5 Å². The lowest BCUT2D eigenvalue weighted by atomic mass is 10.1. The Bertz CT molecular complexity index is 710. The second-order valence-corrected chi connectivity index (χ2v) is 4.75. The molecule has 2 aromatic rings. The molecule has 0 aliphatic rings. The molecule has 104 valence electrons. The molecule has 0 bridgehead atoms. The molecule has 0 radical (unpaired) electrons. The van der Waals surface area contributed by atoms with Gasteiger partial charge in [-0.1, -0.05) is 17.7 Å². The highest BCUT2D eigenvalue weighted by Crippen LogP contribution is 2.20. The molecule has 5 nitrogen and oxygen atoms in total. The van der Waals surface area contributed by atoms with Crippen LogP contribution in [0.1, 0.15) is 15.9 Å². The second kappa shape index (κ2) is 5.88. The Morgan fingerprint density at radius 3 is 2.90 bits per heavy atom. The van der Waals surface area contributed by atoms with Crippen molar-refractivity contribution in [2.24, 2.45) is 0 Å². The molecule has 1 aromatic carbocycles. The molecule has 0 aliphatic carbocycles. The van der Waals surface area contributed by atoms with Gasteiger partial charge in [-0.25, -0.2) is 9.78 Å². The molecule has 1 heterocycles. The van der Waals surface area contributed by atoms with E-state index in [1.165, 1.54) is 24.1 Å². The van der Waals surface area contributed by atoms with Crippen LogP contribution in [-0.4, -0.2) is 22.4 Å². The molecule has 0 amide bonds. The highest BCUT2D eigenvalue weighted by atomic mass is 35.5. The minimum atomic E-state index is -0.520. The van der Waals surface area contributed by atoms with E-state index in [4.69, 9.17) is 16.3 Å². The summed E-state index contributed by atoms with van der Waals surface area (Å²) in [7, 11) is 1.50. The van der Waals surface area contributed by atoms with Crippen LogP contribution >= 0.6 is 11.6 Å². The standard InChI is InChI=1S/C14H13ClN2O3/c1-9-3-4-11(13(5-9)20-2)12(18)8-17-7-10(15)6-16-14(17)19/h3-7H,8H2,1-2H3. The number of carbonyl (C=O) groups excluding carboxylic acids is 1. The summed E-state index contributed by atoms with van der Waals surface area (Å²) >= 11 is 5.77. The van der Waals surface area contributed by atoms with Crippen molar-refractivity contribution in [3.63, 3.8) is 0 Å². The maximum Gasteiger partial charge on any atom is 0.348 e. The minimum absolute atomic E-state index is 0.133. The number of halogens is 1. The first-order valence-corrected chi connectivity index (χ1v) is 6.29. The maximum atomic E-state index is 12.3. The lowest BCUT2D eigenvalue weighted by Gasteiger charge is -2.09. The summed E-state index contributed by atoms with van der Waals surface area (Å²) in [6.45, 7) is 1.77. The van der Waals surface area contributed by atoms with Gasteiger partial charge in [0.1, 0.15) is 5.75 Å². The van der Waals surface area contributed by atoms with Crippen molar-refractivity contribution in [2.75, 3.05) is 7.11 Å². The summed E-state index contributed by atoms with van der Waals surface area (Å²) < 4.78 is 6.36. The molecule has 0 aliphatic heterocycles. The fourth-order valence-electron chi connectivity index (χ4n) is 1.81. The molecule has 6 heteroatoms. The van der Waals surface area contributed by atoms with E-state index in [-0.39, 0.29) is 12.3 Å². The van der Waals surface area contributed by atoms with Crippen molar-refractivity contribution in [3.05, 3.63) is 57.2 Å². The van der Waals surface area contributed by atoms with Crippen molar-refractivity contribution in [1.82, 2.24) is 9.55 Å². The Labute approximate surface area is 120 Å². The van der Waals surface area contributed by atoms with E-state index >= 15 is 0 Å². The first kappa shape index (κ1) is 14.3. The molecule has 0 saturated heterocycles. The number of hydrogen-bond acceptors (Lipinski definition) is 4. The Kier molecular flexibility index (Phi) is 4.20. The van der Waals surface area contributed by atoms with E-state index < -0.39 is 5.69 Å². The van der Waals surface area contributed by atoms with Gasteiger partial charge in [0.15, 0.2) is 5.78 Å². The SMILES string of the molecule is COc1cc(C)ccc1C(=O)Cn1cc(Cl)cnc1=O. The van der Waals surface area contributed by atoms with E-state index in [0.29, 0.717) is 16.3 Å². The molecule has 0 atom stereocenters. The lowest BCUT2D eigenvalue weighted by Crippen LogP contribution is -2.25. The average molecular weight is 293 g/mol. The largest absolute Gasteiger partial charge is 0.496 e. The highest BCUT2D eigenvalue weighted by molar-refractivity contribution is 6.30. The van der Waals surface area contributed by atoms with Gasteiger partial charge in [0.05, 0.1) is 30.4 Å². The predicted molar refractivity (Wildman–Crippen MR) is 75.6 cm³/mol. The van der Waals surface area contributed by atoms with Gasteiger partial charge in [-0.15, -0.1) is 0 Å². The number of methoxy groups -OCH3 is 1. The van der Waals surface area contributed by atoms with Crippen LogP contribution in [0.4, 0.5) is 0 Å². The predicted octanol–water partition coefficient (Wildman–Crippen LogP) is 2.10. The summed E-state index contributed by atoms with van der Waals surface area (Å²) in [4.78, 5) is 27.4. The summed E-state index contributed by atoms with van der Waals surface area (Å²) in [5.41, 5.74) is 0.888. The number of ketones is 1. The van der Waals surface area contributed by atoms with Crippen LogP contribution in [0.5, 0.6) is 5.75 Å². The van der Waals surface area contributed by atoms with E-state index in [9.17, 15) is 9.59 Å². The summed E-state index contributed by atoms with van der Waals surface area (Å²) in [5, 5.41) is 0.299. The Morgan fingerprint density at radius 2 is 2.20 bits per heavy atom. The number of Topliss-reactive ketones (excluding diaryl/α,β-unsaturated/α-hetero) is 1. The number of aromatic nitrogens is 2. The first-order chi connectivity index (χ1) is 9.51. The van der Waals surface area contributed by atoms with Crippen LogP contribution in [0, 0.1) is 6.92 Å². The molecule has 0 fully saturated rings. The number of aryl methyl sites for hydroxylation is 1. The van der Waals surface area contributed by atoms with Gasteiger partial charge in [0.2, 0.25) is 0 Å². The van der Waals surface area contributed by atoms with Gasteiger partial charge in [0, 0.05) is 6.20 Å². The van der Waals surface area contributed by atoms with Crippen molar-refractivity contribution < 1.29 is 9.53 Å². The molecule has 20 heavy (non-hydrogen) atoms. The Morgan fingerprint density at radius 1 is 1.45 bits per heavy atom. The molecule has 0 saturated carbocycles. The number of hydrogen-bond donors (Lipinski definition) is 0. The molecule has 2 rings (SSSR count). The molecular weight excluding hydrogens is 280 g/mol. The third-order valence-corrected chi connectivity index (χ3v) is 2.99. The molecule has 0 spiro atoms. The van der Waals surface area contributed by atoms with Gasteiger partial charge >= 0.3 is 5.69 Å². The van der Waals surface area contributed by atoms with Crippen LogP contribution in [0.15, 0.2) is 35.4 Å². The number of carbonyl (C=O) groups is 1.